The average Bonchev–Trinajstić information content (AvgIpc) is 2.46. The summed E-state index contributed by atoms with van der Waals surface area (Å²) in [5, 5.41) is 8.95. The monoisotopic (exact) mass is 304 g/mol. The zero-order valence-electron chi connectivity index (χ0n) is 12.8. The average molecular weight is 304 g/mol. The smallest absolute Gasteiger partial charge is 0.308 e. The maximum absolute atomic E-state index is 11.3. The van der Waals surface area contributed by atoms with Crippen molar-refractivity contribution in [3.8, 4) is 11.5 Å². The quantitative estimate of drug-likeness (QED) is 0.513. The molecule has 0 saturated carbocycles. The highest BCUT2D eigenvalue weighted by molar-refractivity contribution is 5.73. The normalized spacial score (nSPS) is 13.1. The number of fused-ring (bicyclic) bond motifs is 1. The summed E-state index contributed by atoms with van der Waals surface area (Å²) in [7, 11) is 0. The minimum atomic E-state index is -0.381. The number of hydrogen-bond donors (Lipinski definition) is 1. The molecular weight excluding hydrogens is 284 g/mol. The summed E-state index contributed by atoms with van der Waals surface area (Å²) in [5.74, 6) is 0.259. The van der Waals surface area contributed by atoms with Gasteiger partial charge in [0.25, 0.3) is 0 Å². The van der Waals surface area contributed by atoms with E-state index in [4.69, 9.17) is 14.6 Å². The van der Waals surface area contributed by atoms with Crippen LogP contribution in [0.2, 0.25) is 0 Å². The van der Waals surface area contributed by atoms with E-state index in [0.29, 0.717) is 30.8 Å². The van der Waals surface area contributed by atoms with Crippen LogP contribution in [0.1, 0.15) is 37.8 Å². The lowest BCUT2D eigenvalue weighted by Crippen LogP contribution is -2.13. The van der Waals surface area contributed by atoms with Gasteiger partial charge >= 0.3 is 11.9 Å². The predicted octanol–water partition coefficient (Wildman–Crippen LogP) is 2.33. The van der Waals surface area contributed by atoms with Gasteiger partial charge in [-0.1, -0.05) is 11.6 Å². The summed E-state index contributed by atoms with van der Waals surface area (Å²) in [4.78, 5) is 22.5. The second-order valence-electron chi connectivity index (χ2n) is 5.28. The summed E-state index contributed by atoms with van der Waals surface area (Å²) < 4.78 is 10.5. The molecule has 1 N–H and O–H groups in total. The Bertz CT molecular complexity index is 616. The van der Waals surface area contributed by atoms with Crippen LogP contribution in [-0.4, -0.2) is 23.7 Å². The number of ether oxygens (including phenoxy) is 2. The van der Waals surface area contributed by atoms with E-state index >= 15 is 0 Å². The molecule has 0 aliphatic heterocycles. The molecule has 5 nitrogen and oxygen atoms in total. The van der Waals surface area contributed by atoms with Crippen LogP contribution in [0.15, 0.2) is 23.8 Å². The Balaban J connectivity index is 2.35. The fourth-order valence-electron chi connectivity index (χ4n) is 2.61. The van der Waals surface area contributed by atoms with Crippen molar-refractivity contribution < 1.29 is 24.2 Å². The third kappa shape index (κ3) is 3.95. The molecule has 0 amide bonds. The highest BCUT2D eigenvalue weighted by atomic mass is 16.5. The molecule has 2 rings (SSSR count). The van der Waals surface area contributed by atoms with E-state index in [-0.39, 0.29) is 18.5 Å². The number of hydrogen-bond acceptors (Lipinski definition) is 5. The molecule has 1 aromatic carbocycles. The van der Waals surface area contributed by atoms with Gasteiger partial charge in [-0.3, -0.25) is 9.59 Å². The summed E-state index contributed by atoms with van der Waals surface area (Å²) in [6.07, 6.45) is 4.84. The summed E-state index contributed by atoms with van der Waals surface area (Å²) in [6, 6.07) is 3.32. The van der Waals surface area contributed by atoms with Gasteiger partial charge in [-0.2, -0.15) is 0 Å². The van der Waals surface area contributed by atoms with Crippen molar-refractivity contribution in [1.82, 2.24) is 0 Å². The van der Waals surface area contributed by atoms with Crippen LogP contribution in [0, 0.1) is 0 Å². The van der Waals surface area contributed by atoms with Crippen LogP contribution in [0.4, 0.5) is 0 Å². The zero-order valence-corrected chi connectivity index (χ0v) is 12.8. The van der Waals surface area contributed by atoms with Gasteiger partial charge in [0.15, 0.2) is 0 Å². The van der Waals surface area contributed by atoms with Gasteiger partial charge < -0.3 is 14.6 Å². The number of allylic oxidation sites excluding steroid dienone is 2. The number of carbonyl (C=O) groups excluding carboxylic acids is 2. The molecule has 22 heavy (non-hydrogen) atoms. The van der Waals surface area contributed by atoms with Gasteiger partial charge in [-0.25, -0.2) is 0 Å². The van der Waals surface area contributed by atoms with Crippen LogP contribution in [0.5, 0.6) is 11.5 Å². The van der Waals surface area contributed by atoms with Crippen molar-refractivity contribution in [2.75, 3.05) is 6.61 Å². The fourth-order valence-corrected chi connectivity index (χ4v) is 2.61. The van der Waals surface area contributed by atoms with E-state index in [9.17, 15) is 9.59 Å². The van der Waals surface area contributed by atoms with Crippen molar-refractivity contribution in [3.63, 3.8) is 0 Å². The van der Waals surface area contributed by atoms with Crippen molar-refractivity contribution in [2.24, 2.45) is 0 Å². The van der Waals surface area contributed by atoms with Crippen LogP contribution in [0.3, 0.4) is 0 Å². The predicted molar refractivity (Wildman–Crippen MR) is 80.9 cm³/mol. The molecule has 0 radical (unpaired) electrons. The molecule has 0 saturated heterocycles. The van der Waals surface area contributed by atoms with Crippen LogP contribution in [0.25, 0.3) is 0 Å². The molecule has 0 spiro atoms. The minimum absolute atomic E-state index is 0.147. The number of aliphatic hydroxyl groups is 1. The number of benzene rings is 1. The van der Waals surface area contributed by atoms with E-state index < -0.39 is 0 Å². The highest BCUT2D eigenvalue weighted by Crippen LogP contribution is 2.37. The molecule has 5 heteroatoms. The fraction of sp³-hybridized carbons (Fsp3) is 0.412. The zero-order chi connectivity index (χ0) is 16.1. The lowest BCUT2D eigenvalue weighted by Gasteiger charge is -2.22. The molecule has 0 atom stereocenters. The molecule has 1 aliphatic carbocycles. The first-order valence-corrected chi connectivity index (χ1v) is 7.31. The van der Waals surface area contributed by atoms with Gasteiger partial charge in [-0.05, 0) is 37.8 Å². The van der Waals surface area contributed by atoms with E-state index in [0.717, 1.165) is 17.5 Å². The van der Waals surface area contributed by atoms with Crippen molar-refractivity contribution in [3.05, 3.63) is 34.9 Å². The molecule has 0 fully saturated rings. The third-order valence-corrected chi connectivity index (χ3v) is 3.51. The Morgan fingerprint density at radius 2 is 1.68 bits per heavy atom. The second kappa shape index (κ2) is 7.22. The van der Waals surface area contributed by atoms with E-state index in [1.807, 2.05) is 0 Å². The third-order valence-electron chi connectivity index (χ3n) is 3.51. The first kappa shape index (κ1) is 16.2. The molecule has 0 bridgehead atoms. The Hall–Kier alpha value is -2.14. The van der Waals surface area contributed by atoms with Gasteiger partial charge in [0.2, 0.25) is 0 Å². The largest absolute Gasteiger partial charge is 0.426 e. The summed E-state index contributed by atoms with van der Waals surface area (Å²) >= 11 is 0. The molecule has 0 aromatic heterocycles. The SMILES string of the molecule is CC(=O)Oc1ccc(OC(C)=O)c2c1CC=C(CCCO)C2. The first-order chi connectivity index (χ1) is 10.5. The Morgan fingerprint density at radius 3 is 2.23 bits per heavy atom. The molecular formula is C17H20O5. The molecule has 0 heterocycles. The molecule has 0 unspecified atom stereocenters. The molecule has 118 valence electrons. The van der Waals surface area contributed by atoms with Gasteiger partial charge in [0.1, 0.15) is 11.5 Å². The summed E-state index contributed by atoms with van der Waals surface area (Å²) in [6.45, 7) is 2.86. The lowest BCUT2D eigenvalue weighted by atomic mass is 9.88. The number of aliphatic hydroxyl groups excluding tert-OH is 1. The van der Waals surface area contributed by atoms with Gasteiger partial charge in [0.05, 0.1) is 0 Å². The van der Waals surface area contributed by atoms with Crippen molar-refractivity contribution in [2.45, 2.75) is 39.5 Å². The number of esters is 2. The van der Waals surface area contributed by atoms with E-state index in [2.05, 4.69) is 6.08 Å². The Morgan fingerprint density at radius 1 is 1.09 bits per heavy atom. The second-order valence-corrected chi connectivity index (χ2v) is 5.28. The maximum atomic E-state index is 11.3. The van der Waals surface area contributed by atoms with E-state index in [1.54, 1.807) is 12.1 Å². The standard InChI is InChI=1S/C17H20O5/c1-11(19)21-16-7-8-17(22-12(2)20)15-10-13(4-3-9-18)5-6-14(15)16/h5,7-8,18H,3-4,6,9-10H2,1-2H3. The number of carbonyl (C=O) groups is 2. The Kier molecular flexibility index (Phi) is 5.33. The topological polar surface area (TPSA) is 72.8 Å². The first-order valence-electron chi connectivity index (χ1n) is 7.31. The minimum Gasteiger partial charge on any atom is -0.426 e. The Labute approximate surface area is 129 Å². The molecule has 1 aromatic rings. The summed E-state index contributed by atoms with van der Waals surface area (Å²) in [5.41, 5.74) is 2.95. The van der Waals surface area contributed by atoms with Crippen molar-refractivity contribution >= 4 is 11.9 Å². The highest BCUT2D eigenvalue weighted by Gasteiger charge is 2.21. The number of rotatable bonds is 5. The lowest BCUT2D eigenvalue weighted by molar-refractivity contribution is -0.133. The van der Waals surface area contributed by atoms with Gasteiger partial charge in [0, 0.05) is 31.6 Å². The van der Waals surface area contributed by atoms with E-state index in [1.165, 1.54) is 19.4 Å². The van der Waals surface area contributed by atoms with Crippen LogP contribution in [-0.2, 0) is 22.4 Å². The van der Waals surface area contributed by atoms with Crippen molar-refractivity contribution in [1.29, 1.82) is 0 Å². The van der Waals surface area contributed by atoms with Crippen LogP contribution >= 0.6 is 0 Å². The molecule has 1 aliphatic rings. The van der Waals surface area contributed by atoms with Crippen LogP contribution < -0.4 is 9.47 Å². The maximum Gasteiger partial charge on any atom is 0.308 e. The van der Waals surface area contributed by atoms with Gasteiger partial charge in [-0.15, -0.1) is 0 Å².